The Kier molecular flexibility index (Phi) is 4.87. The van der Waals surface area contributed by atoms with Gasteiger partial charge in [-0.1, -0.05) is 0 Å². The standard InChI is InChI=1S/C14H21N3O4/c1-4-15-14-16-10-5-12(20-2)13(21-3)6-11(10)17(14)7-9(19)8-18/h5-6,9,18-19H,4,7-8H2,1-3H3,(H,15,16). The van der Waals surface area contributed by atoms with E-state index in [0.29, 0.717) is 24.0 Å². The first-order valence-corrected chi connectivity index (χ1v) is 6.79. The fourth-order valence-electron chi connectivity index (χ4n) is 2.20. The first-order valence-electron chi connectivity index (χ1n) is 6.79. The van der Waals surface area contributed by atoms with Gasteiger partial charge in [0.2, 0.25) is 5.95 Å². The van der Waals surface area contributed by atoms with E-state index in [2.05, 4.69) is 10.3 Å². The molecule has 0 saturated heterocycles. The fraction of sp³-hybridized carbons (Fsp3) is 0.500. The number of hydrogen-bond donors (Lipinski definition) is 3. The number of imidazole rings is 1. The van der Waals surface area contributed by atoms with Crippen molar-refractivity contribution >= 4 is 17.0 Å². The van der Waals surface area contributed by atoms with E-state index in [1.807, 2.05) is 17.6 Å². The SMILES string of the molecule is CCNc1nc2cc(OC)c(OC)cc2n1CC(O)CO. The number of nitrogens with one attached hydrogen (secondary N) is 1. The predicted molar refractivity (Wildman–Crippen MR) is 80.1 cm³/mol. The average Bonchev–Trinajstić information content (AvgIpc) is 2.82. The lowest BCUT2D eigenvalue weighted by molar-refractivity contribution is 0.0825. The summed E-state index contributed by atoms with van der Waals surface area (Å²) < 4.78 is 12.4. The Morgan fingerprint density at radius 3 is 2.52 bits per heavy atom. The summed E-state index contributed by atoms with van der Waals surface area (Å²) in [7, 11) is 3.14. The molecule has 7 heteroatoms. The third-order valence-corrected chi connectivity index (χ3v) is 3.19. The number of aromatic nitrogens is 2. The molecule has 3 N–H and O–H groups in total. The summed E-state index contributed by atoms with van der Waals surface area (Å²) >= 11 is 0. The first-order chi connectivity index (χ1) is 10.1. The van der Waals surface area contributed by atoms with Crippen molar-refractivity contribution in [3.8, 4) is 11.5 Å². The largest absolute Gasteiger partial charge is 0.493 e. The van der Waals surface area contributed by atoms with E-state index in [4.69, 9.17) is 14.6 Å². The molecule has 1 aromatic carbocycles. The molecule has 0 aliphatic heterocycles. The average molecular weight is 295 g/mol. The molecule has 1 atom stereocenters. The summed E-state index contributed by atoms with van der Waals surface area (Å²) in [4.78, 5) is 4.50. The molecule has 0 fully saturated rings. The zero-order valence-corrected chi connectivity index (χ0v) is 12.5. The Morgan fingerprint density at radius 2 is 1.95 bits per heavy atom. The quantitative estimate of drug-likeness (QED) is 0.701. The highest BCUT2D eigenvalue weighted by atomic mass is 16.5. The molecule has 0 radical (unpaired) electrons. The predicted octanol–water partition coefficient (Wildman–Crippen LogP) is 0.838. The number of aliphatic hydroxyl groups excluding tert-OH is 2. The molecule has 1 aromatic heterocycles. The van der Waals surface area contributed by atoms with E-state index in [9.17, 15) is 5.11 Å². The van der Waals surface area contributed by atoms with Gasteiger partial charge in [-0.25, -0.2) is 4.98 Å². The van der Waals surface area contributed by atoms with Gasteiger partial charge in [-0.15, -0.1) is 0 Å². The van der Waals surface area contributed by atoms with Crippen LogP contribution in [0.2, 0.25) is 0 Å². The van der Waals surface area contributed by atoms with Gasteiger partial charge < -0.3 is 29.6 Å². The van der Waals surface area contributed by atoms with Gasteiger partial charge in [-0.2, -0.15) is 0 Å². The van der Waals surface area contributed by atoms with E-state index < -0.39 is 6.10 Å². The van der Waals surface area contributed by atoms with E-state index in [1.165, 1.54) is 0 Å². The molecule has 0 amide bonds. The molecule has 21 heavy (non-hydrogen) atoms. The Balaban J connectivity index is 2.58. The summed E-state index contributed by atoms with van der Waals surface area (Å²) in [6, 6.07) is 3.60. The summed E-state index contributed by atoms with van der Waals surface area (Å²) in [5, 5.41) is 21.9. The first kappa shape index (κ1) is 15.4. The van der Waals surface area contributed by atoms with Crippen molar-refractivity contribution < 1.29 is 19.7 Å². The maximum Gasteiger partial charge on any atom is 0.203 e. The molecule has 0 spiro atoms. The van der Waals surface area contributed by atoms with Crippen LogP contribution in [0.3, 0.4) is 0 Å². The highest BCUT2D eigenvalue weighted by Crippen LogP contribution is 2.33. The van der Waals surface area contributed by atoms with Crippen LogP contribution in [0.4, 0.5) is 5.95 Å². The van der Waals surface area contributed by atoms with Gasteiger partial charge in [0.25, 0.3) is 0 Å². The number of methoxy groups -OCH3 is 2. The second kappa shape index (κ2) is 6.64. The van der Waals surface area contributed by atoms with Crippen LogP contribution in [0.1, 0.15) is 6.92 Å². The Labute approximate surface area is 123 Å². The van der Waals surface area contributed by atoms with Crippen LogP contribution in [0, 0.1) is 0 Å². The van der Waals surface area contributed by atoms with Crippen LogP contribution in [-0.4, -0.2) is 53.2 Å². The number of hydrogen-bond acceptors (Lipinski definition) is 6. The number of ether oxygens (including phenoxy) is 2. The molecule has 0 aliphatic rings. The lowest BCUT2D eigenvalue weighted by Crippen LogP contribution is -2.21. The molecule has 0 saturated carbocycles. The zero-order chi connectivity index (χ0) is 15.4. The van der Waals surface area contributed by atoms with Crippen LogP contribution in [-0.2, 0) is 6.54 Å². The molecule has 0 bridgehead atoms. The van der Waals surface area contributed by atoms with E-state index in [0.717, 1.165) is 11.0 Å². The minimum absolute atomic E-state index is 0.241. The lowest BCUT2D eigenvalue weighted by Gasteiger charge is -2.13. The van der Waals surface area contributed by atoms with Crippen LogP contribution in [0.5, 0.6) is 11.5 Å². The van der Waals surface area contributed by atoms with Gasteiger partial charge in [0.15, 0.2) is 11.5 Å². The van der Waals surface area contributed by atoms with Gasteiger partial charge in [0.05, 0.1) is 44.5 Å². The highest BCUT2D eigenvalue weighted by Gasteiger charge is 2.16. The molecular formula is C14H21N3O4. The van der Waals surface area contributed by atoms with Crippen molar-refractivity contribution in [1.29, 1.82) is 0 Å². The topological polar surface area (TPSA) is 88.8 Å². The Hall–Kier alpha value is -1.99. The highest BCUT2D eigenvalue weighted by molar-refractivity contribution is 5.82. The van der Waals surface area contributed by atoms with Crippen molar-refractivity contribution in [3.63, 3.8) is 0 Å². The van der Waals surface area contributed by atoms with Crippen molar-refractivity contribution in [2.45, 2.75) is 19.6 Å². The van der Waals surface area contributed by atoms with Crippen LogP contribution in [0.25, 0.3) is 11.0 Å². The molecule has 1 heterocycles. The van der Waals surface area contributed by atoms with E-state index in [1.54, 1.807) is 20.3 Å². The maximum atomic E-state index is 9.73. The van der Waals surface area contributed by atoms with Crippen molar-refractivity contribution in [2.75, 3.05) is 32.7 Å². The molecule has 2 aromatic rings. The molecule has 1 unspecified atom stereocenters. The minimum atomic E-state index is -0.854. The van der Waals surface area contributed by atoms with Crippen molar-refractivity contribution in [2.24, 2.45) is 0 Å². The normalized spacial score (nSPS) is 12.4. The molecule has 2 rings (SSSR count). The van der Waals surface area contributed by atoms with Crippen LogP contribution >= 0.6 is 0 Å². The van der Waals surface area contributed by atoms with Gasteiger partial charge in [-0.05, 0) is 6.92 Å². The van der Waals surface area contributed by atoms with Crippen LogP contribution in [0.15, 0.2) is 12.1 Å². The van der Waals surface area contributed by atoms with Gasteiger partial charge >= 0.3 is 0 Å². The number of benzene rings is 1. The third kappa shape index (κ3) is 3.03. The Bertz CT molecular complexity index is 612. The lowest BCUT2D eigenvalue weighted by atomic mass is 10.2. The van der Waals surface area contributed by atoms with Gasteiger partial charge in [0.1, 0.15) is 0 Å². The summed E-state index contributed by atoms with van der Waals surface area (Å²) in [6.45, 7) is 2.60. The molecular weight excluding hydrogens is 274 g/mol. The monoisotopic (exact) mass is 295 g/mol. The van der Waals surface area contributed by atoms with Gasteiger partial charge in [0, 0.05) is 18.7 Å². The van der Waals surface area contributed by atoms with Crippen molar-refractivity contribution in [3.05, 3.63) is 12.1 Å². The zero-order valence-electron chi connectivity index (χ0n) is 12.5. The second-order valence-corrected chi connectivity index (χ2v) is 4.61. The number of anilines is 1. The number of aliphatic hydroxyl groups is 2. The third-order valence-electron chi connectivity index (χ3n) is 3.19. The Morgan fingerprint density at radius 1 is 1.29 bits per heavy atom. The smallest absolute Gasteiger partial charge is 0.203 e. The summed E-state index contributed by atoms with van der Waals surface area (Å²) in [6.07, 6.45) is -0.854. The molecule has 0 aliphatic carbocycles. The minimum Gasteiger partial charge on any atom is -0.493 e. The molecule has 116 valence electrons. The van der Waals surface area contributed by atoms with Gasteiger partial charge in [-0.3, -0.25) is 0 Å². The second-order valence-electron chi connectivity index (χ2n) is 4.61. The fourth-order valence-corrected chi connectivity index (χ4v) is 2.20. The van der Waals surface area contributed by atoms with E-state index >= 15 is 0 Å². The van der Waals surface area contributed by atoms with Crippen LogP contribution < -0.4 is 14.8 Å². The number of nitrogens with zero attached hydrogens (tertiary/aromatic N) is 2. The number of rotatable bonds is 7. The summed E-state index contributed by atoms with van der Waals surface area (Å²) in [5.41, 5.74) is 1.53. The summed E-state index contributed by atoms with van der Waals surface area (Å²) in [5.74, 6) is 1.82. The maximum absolute atomic E-state index is 9.73. The number of fused-ring (bicyclic) bond motifs is 1. The van der Waals surface area contributed by atoms with E-state index in [-0.39, 0.29) is 13.2 Å². The van der Waals surface area contributed by atoms with Crippen molar-refractivity contribution in [1.82, 2.24) is 9.55 Å². The molecule has 7 nitrogen and oxygen atoms in total.